The Labute approximate surface area is 176 Å². The van der Waals surface area contributed by atoms with Crippen LogP contribution in [-0.2, 0) is 6.54 Å². The average molecular weight is 396 g/mol. The van der Waals surface area contributed by atoms with Crippen molar-refractivity contribution in [3.05, 3.63) is 108 Å². The van der Waals surface area contributed by atoms with E-state index in [1.807, 2.05) is 66.2 Å². The predicted octanol–water partition coefficient (Wildman–Crippen LogP) is 4.79. The highest BCUT2D eigenvalue weighted by molar-refractivity contribution is 5.94. The molecule has 0 fully saturated rings. The second-order valence-electron chi connectivity index (χ2n) is 7.35. The van der Waals surface area contributed by atoms with E-state index in [2.05, 4.69) is 34.3 Å². The molecule has 1 atom stereocenters. The van der Waals surface area contributed by atoms with Gasteiger partial charge >= 0.3 is 0 Å². The van der Waals surface area contributed by atoms with Gasteiger partial charge in [-0.15, -0.1) is 0 Å². The van der Waals surface area contributed by atoms with Crippen molar-refractivity contribution in [2.24, 2.45) is 0 Å². The molecule has 0 spiro atoms. The molecule has 4 aromatic rings. The van der Waals surface area contributed by atoms with Gasteiger partial charge in [-0.2, -0.15) is 0 Å². The monoisotopic (exact) mass is 396 g/mol. The zero-order valence-corrected chi connectivity index (χ0v) is 17.1. The van der Waals surface area contributed by atoms with Crippen LogP contribution in [0.1, 0.15) is 40.3 Å². The lowest BCUT2D eigenvalue weighted by Gasteiger charge is -2.15. The Kier molecular flexibility index (Phi) is 5.70. The molecule has 1 unspecified atom stereocenters. The molecule has 150 valence electrons. The second kappa shape index (κ2) is 8.74. The number of hydrogen-bond acceptors (Lipinski definition) is 3. The van der Waals surface area contributed by atoms with Crippen molar-refractivity contribution in [1.82, 2.24) is 19.9 Å². The minimum atomic E-state index is -0.190. The van der Waals surface area contributed by atoms with Gasteiger partial charge in [-0.3, -0.25) is 14.8 Å². The number of carbonyl (C=O) groups excluding carboxylic acids is 1. The van der Waals surface area contributed by atoms with Crippen LogP contribution in [0.4, 0.5) is 0 Å². The number of pyridine rings is 2. The number of benzene rings is 1. The van der Waals surface area contributed by atoms with E-state index in [0.717, 1.165) is 16.8 Å². The molecule has 1 amide bonds. The fraction of sp³-hybridized carbons (Fsp3) is 0.160. The highest BCUT2D eigenvalue weighted by Gasteiger charge is 2.18. The fourth-order valence-corrected chi connectivity index (χ4v) is 3.48. The van der Waals surface area contributed by atoms with E-state index >= 15 is 0 Å². The van der Waals surface area contributed by atoms with E-state index in [-0.39, 0.29) is 11.9 Å². The molecule has 0 saturated heterocycles. The van der Waals surface area contributed by atoms with Crippen molar-refractivity contribution in [1.29, 1.82) is 0 Å². The summed E-state index contributed by atoms with van der Waals surface area (Å²) in [7, 11) is 0. The molecule has 0 aliphatic rings. The molecule has 1 aromatic carbocycles. The lowest BCUT2D eigenvalue weighted by Crippen LogP contribution is -2.29. The minimum absolute atomic E-state index is 0.123. The average Bonchev–Trinajstić information content (AvgIpc) is 3.20. The van der Waals surface area contributed by atoms with Crippen molar-refractivity contribution >= 4 is 5.91 Å². The van der Waals surface area contributed by atoms with Crippen LogP contribution in [0.15, 0.2) is 85.5 Å². The normalized spacial score (nSPS) is 11.8. The largest absolute Gasteiger partial charge is 0.343 e. The van der Waals surface area contributed by atoms with Crippen LogP contribution in [-0.4, -0.2) is 20.4 Å². The van der Waals surface area contributed by atoms with Gasteiger partial charge in [0.05, 0.1) is 11.7 Å². The summed E-state index contributed by atoms with van der Waals surface area (Å²) in [6.07, 6.45) is 7.29. The van der Waals surface area contributed by atoms with Gasteiger partial charge in [-0.25, -0.2) is 0 Å². The Balaban J connectivity index is 1.67. The zero-order chi connectivity index (χ0) is 20.9. The summed E-state index contributed by atoms with van der Waals surface area (Å²) in [5, 5.41) is 3.08. The molecule has 0 radical (unpaired) electrons. The molecule has 0 aliphatic heterocycles. The first-order chi connectivity index (χ1) is 14.6. The Morgan fingerprint density at radius 3 is 2.50 bits per heavy atom. The molecule has 3 aromatic heterocycles. The van der Waals surface area contributed by atoms with E-state index in [0.29, 0.717) is 12.2 Å². The van der Waals surface area contributed by atoms with Crippen molar-refractivity contribution < 1.29 is 4.79 Å². The maximum atomic E-state index is 13.2. The third kappa shape index (κ3) is 4.30. The number of aryl methyl sites for hydroxylation is 1. The maximum Gasteiger partial charge on any atom is 0.268 e. The zero-order valence-electron chi connectivity index (χ0n) is 17.1. The van der Waals surface area contributed by atoms with Gasteiger partial charge in [-0.05, 0) is 60.9 Å². The number of nitrogens with one attached hydrogen (secondary N) is 1. The Bertz CT molecular complexity index is 1140. The third-order valence-corrected chi connectivity index (χ3v) is 5.22. The van der Waals surface area contributed by atoms with E-state index in [4.69, 9.17) is 0 Å². The number of aromatic nitrogens is 3. The standard InChI is InChI=1S/C25H24N4O/c1-18-7-3-4-8-21(18)16-29-17-22(20-10-13-26-14-11-20)15-24(29)25(30)28-19(2)23-9-5-6-12-27-23/h3-15,17,19H,16H2,1-2H3,(H,28,30). The summed E-state index contributed by atoms with van der Waals surface area (Å²) in [5.41, 5.74) is 5.85. The first-order valence-corrected chi connectivity index (χ1v) is 9.98. The molecular weight excluding hydrogens is 372 g/mol. The maximum absolute atomic E-state index is 13.2. The predicted molar refractivity (Wildman–Crippen MR) is 118 cm³/mol. The van der Waals surface area contributed by atoms with E-state index in [1.165, 1.54) is 11.1 Å². The van der Waals surface area contributed by atoms with E-state index < -0.39 is 0 Å². The van der Waals surface area contributed by atoms with E-state index in [9.17, 15) is 4.79 Å². The van der Waals surface area contributed by atoms with E-state index in [1.54, 1.807) is 18.6 Å². The van der Waals surface area contributed by atoms with Gasteiger partial charge in [0.1, 0.15) is 5.69 Å². The number of rotatable bonds is 6. The van der Waals surface area contributed by atoms with Gasteiger partial charge in [0, 0.05) is 36.9 Å². The number of carbonyl (C=O) groups is 1. The van der Waals surface area contributed by atoms with Crippen LogP contribution >= 0.6 is 0 Å². The van der Waals surface area contributed by atoms with Crippen LogP contribution in [0.25, 0.3) is 11.1 Å². The van der Waals surface area contributed by atoms with Gasteiger partial charge in [-0.1, -0.05) is 30.3 Å². The summed E-state index contributed by atoms with van der Waals surface area (Å²) in [4.78, 5) is 21.6. The van der Waals surface area contributed by atoms with Crippen molar-refractivity contribution in [3.8, 4) is 11.1 Å². The first-order valence-electron chi connectivity index (χ1n) is 9.98. The number of nitrogens with zero attached hydrogens (tertiary/aromatic N) is 3. The fourth-order valence-electron chi connectivity index (χ4n) is 3.48. The van der Waals surface area contributed by atoms with Gasteiger partial charge in [0.2, 0.25) is 0 Å². The summed E-state index contributed by atoms with van der Waals surface area (Å²) in [5.74, 6) is -0.123. The highest BCUT2D eigenvalue weighted by Crippen LogP contribution is 2.24. The van der Waals surface area contributed by atoms with Crippen LogP contribution < -0.4 is 5.32 Å². The lowest BCUT2D eigenvalue weighted by atomic mass is 10.1. The quantitative estimate of drug-likeness (QED) is 0.510. The van der Waals surface area contributed by atoms with Crippen molar-refractivity contribution in [3.63, 3.8) is 0 Å². The summed E-state index contributed by atoms with van der Waals surface area (Å²) in [6.45, 7) is 4.66. The Morgan fingerprint density at radius 2 is 1.77 bits per heavy atom. The Hall–Kier alpha value is -3.73. The van der Waals surface area contributed by atoms with Gasteiger partial charge in [0.25, 0.3) is 5.91 Å². The smallest absolute Gasteiger partial charge is 0.268 e. The third-order valence-electron chi connectivity index (χ3n) is 5.22. The van der Waals surface area contributed by atoms with Crippen LogP contribution in [0.3, 0.4) is 0 Å². The number of amides is 1. The highest BCUT2D eigenvalue weighted by atomic mass is 16.2. The molecule has 0 bridgehead atoms. The topological polar surface area (TPSA) is 59.8 Å². The van der Waals surface area contributed by atoms with Crippen LogP contribution in [0, 0.1) is 6.92 Å². The molecule has 5 heteroatoms. The first kappa shape index (κ1) is 19.6. The molecule has 5 nitrogen and oxygen atoms in total. The molecular formula is C25H24N4O. The lowest BCUT2D eigenvalue weighted by molar-refractivity contribution is 0.0930. The Morgan fingerprint density at radius 1 is 1.00 bits per heavy atom. The minimum Gasteiger partial charge on any atom is -0.343 e. The molecule has 3 heterocycles. The summed E-state index contributed by atoms with van der Waals surface area (Å²) < 4.78 is 2.01. The molecule has 0 saturated carbocycles. The van der Waals surface area contributed by atoms with Crippen molar-refractivity contribution in [2.45, 2.75) is 26.4 Å². The summed E-state index contributed by atoms with van der Waals surface area (Å²) >= 11 is 0. The number of hydrogen-bond donors (Lipinski definition) is 1. The van der Waals surface area contributed by atoms with Crippen LogP contribution in [0.2, 0.25) is 0 Å². The van der Waals surface area contributed by atoms with Crippen molar-refractivity contribution in [2.75, 3.05) is 0 Å². The molecule has 30 heavy (non-hydrogen) atoms. The van der Waals surface area contributed by atoms with Gasteiger partial charge in [0.15, 0.2) is 0 Å². The van der Waals surface area contributed by atoms with Gasteiger partial charge < -0.3 is 9.88 Å². The van der Waals surface area contributed by atoms with Crippen LogP contribution in [0.5, 0.6) is 0 Å². The SMILES string of the molecule is Cc1ccccc1Cn1cc(-c2ccncc2)cc1C(=O)NC(C)c1ccccn1. The second-order valence-corrected chi connectivity index (χ2v) is 7.35. The molecule has 0 aliphatic carbocycles. The molecule has 1 N–H and O–H groups in total. The summed E-state index contributed by atoms with van der Waals surface area (Å²) in [6, 6.07) is 19.6. The molecule has 4 rings (SSSR count).